The Hall–Kier alpha value is -5.52. The van der Waals surface area contributed by atoms with Crippen LogP contribution in [-0.2, 0) is 16.6 Å². The molecule has 6 aromatic rings. The summed E-state index contributed by atoms with van der Waals surface area (Å²) in [6.45, 7) is 0. The normalized spacial score (nSPS) is 12.0. The third kappa shape index (κ3) is 7.05. The first-order chi connectivity index (χ1) is 26.4. The van der Waals surface area contributed by atoms with Gasteiger partial charge in [0.05, 0.1) is 0 Å². The Kier molecular flexibility index (Phi) is 12.1. The summed E-state index contributed by atoms with van der Waals surface area (Å²) in [5.74, 6) is -44.1. The van der Waals surface area contributed by atoms with Crippen molar-refractivity contribution in [2.75, 3.05) is 6.26 Å². The number of hydrogen-bond acceptors (Lipinski definition) is 1. The molecule has 0 heterocycles. The molecule has 0 aliphatic carbocycles. The molecule has 1 unspecified atom stereocenters. The third-order valence-electron chi connectivity index (χ3n) is 8.79. The van der Waals surface area contributed by atoms with E-state index in [0.29, 0.717) is 17.9 Å². The summed E-state index contributed by atoms with van der Waals surface area (Å²) in [6.07, 6.45) is -3.48. The predicted molar refractivity (Wildman–Crippen MR) is 179 cm³/mol. The number of phenols is 1. The van der Waals surface area contributed by atoms with Crippen LogP contribution in [0.25, 0.3) is 0 Å². The molecule has 0 bridgehead atoms. The van der Waals surface area contributed by atoms with Gasteiger partial charge in [-0.2, -0.15) is 5.46 Å². The highest BCUT2D eigenvalue weighted by atomic mass is 32.2. The minimum Gasteiger partial charge on any atom is -0.508 e. The van der Waals surface area contributed by atoms with Crippen LogP contribution >= 0.6 is 0 Å². The molecule has 1 nitrogen and oxygen atoms in total. The summed E-state index contributed by atoms with van der Waals surface area (Å²) in [7, 11) is 0.196. The minimum absolute atomic E-state index is 0.196. The fourth-order valence-corrected chi connectivity index (χ4v) is 7.73. The summed E-state index contributed by atoms with van der Waals surface area (Å²) in [5, 5.41) is 9.23. The van der Waals surface area contributed by atoms with Crippen LogP contribution in [-0.4, -0.2) is 17.5 Å². The van der Waals surface area contributed by atoms with E-state index < -0.39 is 115 Å². The van der Waals surface area contributed by atoms with Crippen molar-refractivity contribution in [2.45, 2.75) is 10.6 Å². The predicted octanol–water partition coefficient (Wildman–Crippen LogP) is 8.35. The second-order valence-corrected chi connectivity index (χ2v) is 14.0. The minimum atomic E-state index is -5.72. The van der Waals surface area contributed by atoms with E-state index in [9.17, 15) is 44.6 Å². The Balaban J connectivity index is 0.000000311. The van der Waals surface area contributed by atoms with Gasteiger partial charge in [-0.3, -0.25) is 0 Å². The lowest BCUT2D eigenvalue weighted by Gasteiger charge is -2.44. The van der Waals surface area contributed by atoms with Gasteiger partial charge in [-0.15, -0.1) is 16.4 Å². The summed E-state index contributed by atoms with van der Waals surface area (Å²) in [6, 6.07) is 21.3. The first kappa shape index (κ1) is 41.6. The monoisotopic (exact) mass is 820 g/mol. The summed E-state index contributed by atoms with van der Waals surface area (Å²) in [4.78, 5) is 1.29. The van der Waals surface area contributed by atoms with Crippen LogP contribution < -0.4 is 21.9 Å². The van der Waals surface area contributed by atoms with Crippen LogP contribution in [0, 0.1) is 87.3 Å². The molecule has 0 aliphatic heterocycles. The van der Waals surface area contributed by atoms with Gasteiger partial charge in [0.2, 0.25) is 0 Å². The SMILES string of the molecule is C[S+](Cc1ccccc1)c1ccc(O)cc1.Fc1c(F)c(F)c([B-](c2ccccc2)(c2c(F)c(F)c(F)c(F)c2F)c2c(F)c(F)c(F)c(F)c2F)c(F)c1F. The van der Waals surface area contributed by atoms with Gasteiger partial charge in [0, 0.05) is 16.5 Å². The number of halogens is 15. The molecule has 0 radical (unpaired) electrons. The lowest BCUT2D eigenvalue weighted by Crippen LogP contribution is -2.79. The van der Waals surface area contributed by atoms with Gasteiger partial charge in [-0.1, -0.05) is 60.7 Å². The van der Waals surface area contributed by atoms with E-state index in [4.69, 9.17) is 0 Å². The maximum Gasteiger partial charge on any atom is 0.200 e. The lowest BCUT2D eigenvalue weighted by molar-refractivity contribution is 0.380. The molecule has 0 amide bonds. The van der Waals surface area contributed by atoms with Gasteiger partial charge in [-0.05, 0) is 24.3 Å². The van der Waals surface area contributed by atoms with Gasteiger partial charge in [0.15, 0.2) is 57.3 Å². The van der Waals surface area contributed by atoms with E-state index in [1.54, 1.807) is 12.1 Å². The second kappa shape index (κ2) is 16.3. The second-order valence-electron chi connectivity index (χ2n) is 12.0. The quantitative estimate of drug-likeness (QED) is 0.0565. The number of benzene rings is 6. The maximum absolute atomic E-state index is 15.3. The van der Waals surface area contributed by atoms with Crippen LogP contribution in [0.15, 0.2) is 89.8 Å². The molecule has 6 rings (SSSR count). The van der Waals surface area contributed by atoms with Crippen LogP contribution in [0.3, 0.4) is 0 Å². The van der Waals surface area contributed by atoms with Crippen LogP contribution in [0.2, 0.25) is 0 Å². The van der Waals surface area contributed by atoms with E-state index in [2.05, 4.69) is 30.5 Å². The van der Waals surface area contributed by atoms with E-state index in [1.807, 2.05) is 18.2 Å². The molecule has 0 saturated carbocycles. The Morgan fingerprint density at radius 3 is 1.00 bits per heavy atom. The van der Waals surface area contributed by atoms with Crippen molar-refractivity contribution in [3.63, 3.8) is 0 Å². The van der Waals surface area contributed by atoms with Crippen molar-refractivity contribution in [1.82, 2.24) is 0 Å². The number of hydrogen-bond donors (Lipinski definition) is 1. The van der Waals surface area contributed by atoms with Crippen LogP contribution in [0.4, 0.5) is 65.9 Å². The van der Waals surface area contributed by atoms with Gasteiger partial charge in [0.25, 0.3) is 0 Å². The van der Waals surface area contributed by atoms with Crippen molar-refractivity contribution in [2.24, 2.45) is 0 Å². The highest BCUT2D eigenvalue weighted by molar-refractivity contribution is 7.95. The fraction of sp³-hybridized carbons (Fsp3) is 0.0526. The Bertz CT molecular complexity index is 2180. The smallest absolute Gasteiger partial charge is 0.200 e. The van der Waals surface area contributed by atoms with E-state index in [0.717, 1.165) is 24.0 Å². The highest BCUT2D eigenvalue weighted by Gasteiger charge is 2.48. The van der Waals surface area contributed by atoms with Gasteiger partial charge >= 0.3 is 0 Å². The molecule has 0 aliphatic rings. The number of aromatic hydroxyl groups is 1. The Morgan fingerprint density at radius 2 is 0.679 bits per heavy atom. The molecular formula is C38H20BF15OS. The summed E-state index contributed by atoms with van der Waals surface area (Å²) >= 11 is 0. The van der Waals surface area contributed by atoms with Crippen LogP contribution in [0.1, 0.15) is 5.56 Å². The molecule has 6 aromatic carbocycles. The zero-order valence-electron chi connectivity index (χ0n) is 27.9. The van der Waals surface area contributed by atoms with Gasteiger partial charge in [0.1, 0.15) is 58.8 Å². The first-order valence-corrected chi connectivity index (χ1v) is 17.4. The molecule has 1 N–H and O–H groups in total. The molecule has 1 atom stereocenters. The standard InChI is InChI=1S/C24H5BF15.C14H14OS/c26-10-7(11(27)17(33)22(38)16(10)32)25(6-4-2-1-3-5-6,8-12(28)18(34)23(39)19(35)13(8)29)9-14(30)20(36)24(40)21(37)15(9)31;1-16(11-12-5-3-2-4-6-12)14-9-7-13(15)8-10-14/h1-5H;2-10H,11H2,1H3/q-1;/p+1. The molecule has 0 fully saturated rings. The van der Waals surface area contributed by atoms with Crippen molar-refractivity contribution in [1.29, 1.82) is 0 Å². The van der Waals surface area contributed by atoms with E-state index >= 15 is 26.3 Å². The maximum atomic E-state index is 15.3. The van der Waals surface area contributed by atoms with E-state index in [-0.39, 0.29) is 10.9 Å². The van der Waals surface area contributed by atoms with Gasteiger partial charge in [-0.25, -0.2) is 65.9 Å². The molecule has 0 spiro atoms. The molecular weight excluding hydrogens is 800 g/mol. The molecule has 18 heteroatoms. The average molecular weight is 820 g/mol. The third-order valence-corrected chi connectivity index (χ3v) is 10.6. The first-order valence-electron chi connectivity index (χ1n) is 15.6. The Labute approximate surface area is 309 Å². The van der Waals surface area contributed by atoms with Crippen molar-refractivity contribution in [3.8, 4) is 5.75 Å². The zero-order valence-corrected chi connectivity index (χ0v) is 28.7. The average Bonchev–Trinajstić information content (AvgIpc) is 3.20. The van der Waals surface area contributed by atoms with Gasteiger partial charge < -0.3 is 5.11 Å². The summed E-state index contributed by atoms with van der Waals surface area (Å²) < 4.78 is 220. The molecule has 0 aromatic heterocycles. The topological polar surface area (TPSA) is 20.2 Å². The number of phenolic OH excluding ortho intramolecular Hbond substituents is 1. The van der Waals surface area contributed by atoms with Crippen molar-refractivity contribution in [3.05, 3.63) is 178 Å². The fourth-order valence-electron chi connectivity index (χ4n) is 6.27. The lowest BCUT2D eigenvalue weighted by atomic mass is 9.12. The summed E-state index contributed by atoms with van der Waals surface area (Å²) in [5.41, 5.74) is -8.05. The number of rotatable bonds is 7. The highest BCUT2D eigenvalue weighted by Crippen LogP contribution is 2.28. The van der Waals surface area contributed by atoms with E-state index in [1.165, 1.54) is 10.5 Å². The van der Waals surface area contributed by atoms with Crippen molar-refractivity contribution < 1.29 is 71.0 Å². The molecule has 0 saturated heterocycles. The molecule has 56 heavy (non-hydrogen) atoms. The Morgan fingerprint density at radius 1 is 0.393 bits per heavy atom. The van der Waals surface area contributed by atoms with Crippen LogP contribution in [0.5, 0.6) is 5.75 Å². The zero-order chi connectivity index (χ0) is 41.4. The van der Waals surface area contributed by atoms with Crippen molar-refractivity contribution >= 4 is 38.9 Å². The molecule has 292 valence electrons. The largest absolute Gasteiger partial charge is 0.508 e.